The van der Waals surface area contributed by atoms with E-state index in [4.69, 9.17) is 0 Å². The van der Waals surface area contributed by atoms with E-state index in [9.17, 15) is 14.7 Å². The van der Waals surface area contributed by atoms with Crippen LogP contribution in [-0.4, -0.2) is 17.8 Å². The van der Waals surface area contributed by atoms with Gasteiger partial charge in [-0.25, -0.2) is 4.99 Å². The average Bonchev–Trinajstić information content (AvgIpc) is 2.32. The summed E-state index contributed by atoms with van der Waals surface area (Å²) in [6, 6.07) is -0.845. The molecule has 2 amide bonds. The van der Waals surface area contributed by atoms with E-state index >= 15 is 0 Å². The van der Waals surface area contributed by atoms with Gasteiger partial charge in [0.05, 0.1) is 6.02 Å². The molecule has 0 saturated carbocycles. The summed E-state index contributed by atoms with van der Waals surface area (Å²) >= 11 is 0. The van der Waals surface area contributed by atoms with Crippen molar-refractivity contribution in [3.63, 3.8) is 0 Å². The van der Waals surface area contributed by atoms with Crippen molar-refractivity contribution in [2.75, 3.05) is 0 Å². The van der Waals surface area contributed by atoms with Crippen molar-refractivity contribution in [1.82, 2.24) is 5.32 Å². The first-order valence-electron chi connectivity index (χ1n) is 6.10. The second-order valence-electron chi connectivity index (χ2n) is 4.19. The summed E-state index contributed by atoms with van der Waals surface area (Å²) in [4.78, 5) is 27.1. The van der Waals surface area contributed by atoms with E-state index in [-0.39, 0.29) is 35.5 Å². The number of amidine groups is 1. The predicted molar refractivity (Wildman–Crippen MR) is 68.6 cm³/mol. The largest absolute Gasteiger partial charge is 1.00 e. The quantitative estimate of drug-likeness (QED) is 0.366. The minimum atomic E-state index is -1.15. The molecule has 0 fully saturated rings. The average molecular weight is 276 g/mol. The summed E-state index contributed by atoms with van der Waals surface area (Å²) in [5.74, 6) is -1.20. The molecule has 102 valence electrons. The molecule has 1 aliphatic rings. The Hall–Kier alpha value is -0.650. The van der Waals surface area contributed by atoms with E-state index in [1.54, 1.807) is 6.92 Å². The topological polar surface area (TPSA) is 81.6 Å². The van der Waals surface area contributed by atoms with E-state index < -0.39 is 23.3 Å². The molecule has 2 atom stereocenters. The van der Waals surface area contributed by atoms with Crippen LogP contribution in [0.3, 0.4) is 0 Å². The number of hydrogen-bond donors (Lipinski definition) is 1. The Morgan fingerprint density at radius 2 is 1.89 bits per heavy atom. The molecular weight excluding hydrogens is 255 g/mol. The summed E-state index contributed by atoms with van der Waals surface area (Å²) in [5.41, 5.74) is -1.15. The van der Waals surface area contributed by atoms with Crippen LogP contribution in [0, 0.1) is 11.3 Å². The molecule has 0 radical (unpaired) electrons. The van der Waals surface area contributed by atoms with Gasteiger partial charge in [0.2, 0.25) is 5.91 Å². The second kappa shape index (κ2) is 9.28. The molecule has 1 heterocycles. The van der Waals surface area contributed by atoms with Gasteiger partial charge in [-0.05, 0) is 18.8 Å². The standard InChI is InChI=1S/C11H18N2O3.C2H4.Na/c1-4-6-7(3)11(5-2)8(14)12-10(16)13-9(11)15;1-2;/h7H,4-6H2,1-3H3,(H2,12,13,14,15,16);1-2H2;/q;;+1/p-1. The van der Waals surface area contributed by atoms with Gasteiger partial charge < -0.3 is 10.4 Å². The molecule has 1 aliphatic heterocycles. The first kappa shape index (κ1) is 20.7. The van der Waals surface area contributed by atoms with Gasteiger partial charge in [0.1, 0.15) is 5.41 Å². The van der Waals surface area contributed by atoms with E-state index in [1.165, 1.54) is 0 Å². The number of aliphatic imine (C=N–C) groups is 1. The van der Waals surface area contributed by atoms with E-state index in [2.05, 4.69) is 23.5 Å². The number of nitrogens with one attached hydrogen (secondary N) is 1. The van der Waals surface area contributed by atoms with Crippen LogP contribution in [0.25, 0.3) is 0 Å². The number of rotatable bonds is 4. The Balaban J connectivity index is 0. The molecule has 19 heavy (non-hydrogen) atoms. The summed E-state index contributed by atoms with van der Waals surface area (Å²) in [6.45, 7) is 11.6. The van der Waals surface area contributed by atoms with Crippen molar-refractivity contribution in [3.8, 4) is 0 Å². The van der Waals surface area contributed by atoms with Crippen molar-refractivity contribution in [3.05, 3.63) is 13.2 Å². The number of nitrogens with zero attached hydrogens (tertiary/aromatic N) is 1. The van der Waals surface area contributed by atoms with Crippen LogP contribution in [0.1, 0.15) is 40.0 Å². The first-order valence-corrected chi connectivity index (χ1v) is 6.10. The molecule has 0 aromatic carbocycles. The molecule has 0 aliphatic carbocycles. The molecule has 0 bridgehead atoms. The third-order valence-electron chi connectivity index (χ3n) is 3.33. The molecule has 1 N–H and O–H groups in total. The number of carbonyl (C=O) groups is 2. The van der Waals surface area contributed by atoms with Gasteiger partial charge in [-0.3, -0.25) is 9.59 Å². The fourth-order valence-electron chi connectivity index (χ4n) is 2.30. The minimum Gasteiger partial charge on any atom is -0.846 e. The first-order chi connectivity index (χ1) is 8.48. The van der Waals surface area contributed by atoms with E-state index in [1.807, 2.05) is 13.8 Å². The zero-order valence-electron chi connectivity index (χ0n) is 12.3. The molecule has 6 heteroatoms. The zero-order chi connectivity index (χ0) is 14.3. The van der Waals surface area contributed by atoms with Crippen LogP contribution in [0.5, 0.6) is 0 Å². The van der Waals surface area contributed by atoms with Crippen LogP contribution < -0.4 is 40.0 Å². The van der Waals surface area contributed by atoms with Crippen LogP contribution >= 0.6 is 0 Å². The second-order valence-corrected chi connectivity index (χ2v) is 4.19. The van der Waals surface area contributed by atoms with Crippen LogP contribution in [0.2, 0.25) is 0 Å². The predicted octanol–water partition coefficient (Wildman–Crippen LogP) is -2.00. The monoisotopic (exact) mass is 276 g/mol. The number of amides is 2. The van der Waals surface area contributed by atoms with Crippen LogP contribution in [0.15, 0.2) is 18.2 Å². The maximum Gasteiger partial charge on any atom is 1.00 e. The molecule has 0 aromatic heterocycles. The van der Waals surface area contributed by atoms with Gasteiger partial charge in [0.15, 0.2) is 0 Å². The van der Waals surface area contributed by atoms with Crippen molar-refractivity contribution in [1.29, 1.82) is 0 Å². The van der Waals surface area contributed by atoms with Crippen LogP contribution in [-0.2, 0) is 9.59 Å². The summed E-state index contributed by atoms with van der Waals surface area (Å²) < 4.78 is 0. The molecule has 0 spiro atoms. The van der Waals surface area contributed by atoms with Crippen molar-refractivity contribution >= 4 is 17.8 Å². The van der Waals surface area contributed by atoms with Gasteiger partial charge in [0, 0.05) is 0 Å². The molecule has 5 nitrogen and oxygen atoms in total. The van der Waals surface area contributed by atoms with Crippen molar-refractivity contribution in [2.24, 2.45) is 16.3 Å². The summed E-state index contributed by atoms with van der Waals surface area (Å²) in [6.07, 6.45) is 2.02. The molecule has 0 saturated heterocycles. The molecule has 0 aromatic rings. The number of hydrogen-bond acceptors (Lipinski definition) is 3. The summed E-state index contributed by atoms with van der Waals surface area (Å²) in [7, 11) is 0. The van der Waals surface area contributed by atoms with Gasteiger partial charge in [-0.1, -0.05) is 27.2 Å². The SMILES string of the molecule is C=C.CCCC(C)C1(CC)C(=O)N=C([O-])NC1=O.[Na+]. The molecule has 2 unspecified atom stereocenters. The zero-order valence-corrected chi connectivity index (χ0v) is 14.3. The Morgan fingerprint density at radius 1 is 1.37 bits per heavy atom. The third kappa shape index (κ3) is 4.16. The van der Waals surface area contributed by atoms with Crippen LogP contribution in [0.4, 0.5) is 0 Å². The smallest absolute Gasteiger partial charge is 0.846 e. The maximum absolute atomic E-state index is 11.9. The Labute approximate surface area is 136 Å². The minimum absolute atomic E-state index is 0. The van der Waals surface area contributed by atoms with Gasteiger partial charge >= 0.3 is 29.6 Å². The van der Waals surface area contributed by atoms with E-state index in [0.29, 0.717) is 6.42 Å². The Morgan fingerprint density at radius 3 is 2.26 bits per heavy atom. The van der Waals surface area contributed by atoms with Crippen molar-refractivity contribution < 1.29 is 44.3 Å². The summed E-state index contributed by atoms with van der Waals surface area (Å²) in [5, 5.41) is 13.1. The normalized spacial score (nSPS) is 23.2. The van der Waals surface area contributed by atoms with Gasteiger partial charge in [-0.15, -0.1) is 13.2 Å². The Bertz CT molecular complexity index is 358. The van der Waals surface area contributed by atoms with Crippen molar-refractivity contribution in [2.45, 2.75) is 40.0 Å². The Kier molecular flexibility index (Phi) is 10.1. The molecular formula is C13H21N2NaO3. The molecule has 1 rings (SSSR count). The number of carbonyl (C=O) groups excluding carboxylic acids is 2. The fraction of sp³-hybridized carbons (Fsp3) is 0.615. The maximum atomic E-state index is 11.9. The van der Waals surface area contributed by atoms with E-state index in [0.717, 1.165) is 12.8 Å². The van der Waals surface area contributed by atoms with Gasteiger partial charge in [-0.2, -0.15) is 0 Å². The van der Waals surface area contributed by atoms with Gasteiger partial charge in [0.25, 0.3) is 5.91 Å². The fourth-order valence-corrected chi connectivity index (χ4v) is 2.30. The third-order valence-corrected chi connectivity index (χ3v) is 3.33.